The zero-order valence-corrected chi connectivity index (χ0v) is 24.8. The fourth-order valence-electron chi connectivity index (χ4n) is 3.53. The average Bonchev–Trinajstić information content (AvgIpc) is 3.22. The van der Waals surface area contributed by atoms with Gasteiger partial charge in [0.25, 0.3) is 10.0 Å². The molecule has 1 atom stereocenters. The van der Waals surface area contributed by atoms with Gasteiger partial charge in [-0.25, -0.2) is 8.42 Å². The minimum absolute atomic E-state index is 0.0314. The van der Waals surface area contributed by atoms with Crippen LogP contribution in [-0.4, -0.2) is 36.9 Å². The molecule has 0 unspecified atom stereocenters. The molecule has 0 spiro atoms. The van der Waals surface area contributed by atoms with Crippen LogP contribution in [0.2, 0.25) is 0 Å². The van der Waals surface area contributed by atoms with E-state index in [2.05, 4.69) is 30.3 Å². The predicted octanol–water partition coefficient (Wildman–Crippen LogP) is 5.69. The van der Waals surface area contributed by atoms with Crippen molar-refractivity contribution in [3.8, 4) is 0 Å². The van der Waals surface area contributed by atoms with Crippen molar-refractivity contribution >= 4 is 60.9 Å². The molecule has 38 heavy (non-hydrogen) atoms. The lowest BCUT2D eigenvalue weighted by atomic mass is 9.92. The SMILES string of the molecule is Cc1cc(NS(=O)(=O)c2ccc(N[C@@H](c3ccc(Br)cc3)C(C(=O)OC(C)C)C(=O)OC(C)C)cc2)ns1. The number of carbonyl (C=O) groups excluding carboxylic acids is 2. The number of sulfonamides is 1. The summed E-state index contributed by atoms with van der Waals surface area (Å²) < 4.78 is 43.8. The van der Waals surface area contributed by atoms with Gasteiger partial charge in [0.15, 0.2) is 11.7 Å². The number of nitrogens with zero attached hydrogens (tertiary/aromatic N) is 1. The number of anilines is 2. The van der Waals surface area contributed by atoms with Gasteiger partial charge in [0.05, 0.1) is 23.1 Å². The topological polar surface area (TPSA) is 124 Å². The molecule has 0 saturated heterocycles. The molecule has 9 nitrogen and oxygen atoms in total. The van der Waals surface area contributed by atoms with E-state index in [1.165, 1.54) is 23.7 Å². The van der Waals surface area contributed by atoms with Crippen molar-refractivity contribution in [3.63, 3.8) is 0 Å². The van der Waals surface area contributed by atoms with Crippen molar-refractivity contribution in [1.82, 2.24) is 4.37 Å². The zero-order valence-electron chi connectivity index (χ0n) is 21.6. The van der Waals surface area contributed by atoms with Gasteiger partial charge in [-0.05, 0) is 94.2 Å². The summed E-state index contributed by atoms with van der Waals surface area (Å²) in [7, 11) is -3.86. The Labute approximate surface area is 235 Å². The Balaban J connectivity index is 1.95. The van der Waals surface area contributed by atoms with Crippen LogP contribution >= 0.6 is 27.5 Å². The number of esters is 2. The van der Waals surface area contributed by atoms with E-state index in [1.807, 2.05) is 6.92 Å². The molecule has 3 rings (SSSR count). The first-order valence-corrected chi connectivity index (χ1v) is 14.9. The van der Waals surface area contributed by atoms with Crippen LogP contribution in [0.4, 0.5) is 11.5 Å². The van der Waals surface area contributed by atoms with E-state index < -0.39 is 46.1 Å². The van der Waals surface area contributed by atoms with Crippen molar-refractivity contribution in [3.05, 3.63) is 69.5 Å². The number of hydrogen-bond acceptors (Lipinski definition) is 9. The van der Waals surface area contributed by atoms with Gasteiger partial charge in [-0.2, -0.15) is 4.37 Å². The van der Waals surface area contributed by atoms with E-state index >= 15 is 0 Å². The number of carbonyl (C=O) groups is 2. The second kappa shape index (κ2) is 12.7. The number of aryl methyl sites for hydroxylation is 1. The highest BCUT2D eigenvalue weighted by Gasteiger charge is 2.39. The Morgan fingerprint density at radius 1 is 0.921 bits per heavy atom. The number of ether oxygens (including phenoxy) is 2. The lowest BCUT2D eigenvalue weighted by Crippen LogP contribution is -2.38. The highest BCUT2D eigenvalue weighted by Crippen LogP contribution is 2.31. The van der Waals surface area contributed by atoms with Crippen LogP contribution in [0.1, 0.15) is 44.2 Å². The quantitative estimate of drug-likeness (QED) is 0.206. The molecule has 2 N–H and O–H groups in total. The van der Waals surface area contributed by atoms with Gasteiger partial charge < -0.3 is 14.8 Å². The largest absolute Gasteiger partial charge is 0.462 e. The lowest BCUT2D eigenvalue weighted by molar-refractivity contribution is -0.167. The minimum Gasteiger partial charge on any atom is -0.462 e. The molecule has 0 aliphatic heterocycles. The highest BCUT2D eigenvalue weighted by atomic mass is 79.9. The maximum absolute atomic E-state index is 13.1. The van der Waals surface area contributed by atoms with Crippen LogP contribution < -0.4 is 10.0 Å². The van der Waals surface area contributed by atoms with E-state index in [1.54, 1.807) is 70.2 Å². The summed E-state index contributed by atoms with van der Waals surface area (Å²) in [5.74, 6) is -2.53. The van der Waals surface area contributed by atoms with E-state index in [0.717, 1.165) is 9.35 Å². The fraction of sp³-hybridized carbons (Fsp3) is 0.346. The molecule has 12 heteroatoms. The Bertz CT molecular complexity index is 1330. The van der Waals surface area contributed by atoms with Crippen LogP contribution in [-0.2, 0) is 29.1 Å². The van der Waals surface area contributed by atoms with Crippen LogP contribution in [0, 0.1) is 12.8 Å². The van der Waals surface area contributed by atoms with Gasteiger partial charge in [-0.1, -0.05) is 28.1 Å². The molecule has 1 heterocycles. The van der Waals surface area contributed by atoms with Crippen molar-refractivity contribution in [2.75, 3.05) is 10.0 Å². The summed E-state index contributed by atoms with van der Waals surface area (Å²) in [4.78, 5) is 27.2. The number of rotatable bonds is 11. The molecule has 1 aromatic heterocycles. The molecular formula is C26H30BrN3O6S2. The summed E-state index contributed by atoms with van der Waals surface area (Å²) in [6, 6.07) is 13.9. The molecule has 0 bridgehead atoms. The van der Waals surface area contributed by atoms with Gasteiger partial charge in [0.2, 0.25) is 0 Å². The Hall–Kier alpha value is -2.96. The smallest absolute Gasteiger partial charge is 0.323 e. The number of nitrogens with one attached hydrogen (secondary N) is 2. The first-order valence-electron chi connectivity index (χ1n) is 11.8. The second-order valence-corrected chi connectivity index (χ2v) is 12.7. The van der Waals surface area contributed by atoms with Crippen molar-refractivity contribution < 1.29 is 27.5 Å². The Morgan fingerprint density at radius 3 is 1.95 bits per heavy atom. The van der Waals surface area contributed by atoms with Gasteiger partial charge in [-0.15, -0.1) is 0 Å². The van der Waals surface area contributed by atoms with Gasteiger partial charge in [-0.3, -0.25) is 14.3 Å². The van der Waals surface area contributed by atoms with Crippen LogP contribution in [0.15, 0.2) is 64.0 Å². The summed E-state index contributed by atoms with van der Waals surface area (Å²) in [6.45, 7) is 8.63. The Kier molecular flexibility index (Phi) is 9.91. The normalized spacial score (nSPS) is 12.4. The second-order valence-electron chi connectivity index (χ2n) is 9.08. The van der Waals surface area contributed by atoms with Gasteiger partial charge >= 0.3 is 11.9 Å². The lowest BCUT2D eigenvalue weighted by Gasteiger charge is -2.28. The van der Waals surface area contributed by atoms with E-state index in [-0.39, 0.29) is 10.7 Å². The van der Waals surface area contributed by atoms with Gasteiger partial charge in [0, 0.05) is 15.0 Å². The van der Waals surface area contributed by atoms with Crippen molar-refractivity contribution in [1.29, 1.82) is 0 Å². The van der Waals surface area contributed by atoms with Crippen LogP contribution in [0.25, 0.3) is 0 Å². The highest BCUT2D eigenvalue weighted by molar-refractivity contribution is 9.10. The first kappa shape index (κ1) is 29.6. The average molecular weight is 625 g/mol. The molecule has 0 aliphatic carbocycles. The summed E-state index contributed by atoms with van der Waals surface area (Å²) in [5, 5.41) is 3.21. The zero-order chi connectivity index (χ0) is 28.0. The maximum atomic E-state index is 13.1. The molecule has 2 aromatic carbocycles. The number of aromatic nitrogens is 1. The third-order valence-corrected chi connectivity index (χ3v) is 7.72. The summed E-state index contributed by atoms with van der Waals surface area (Å²) in [5.41, 5.74) is 1.12. The number of hydrogen-bond donors (Lipinski definition) is 2. The molecule has 3 aromatic rings. The molecule has 0 radical (unpaired) electrons. The number of halogens is 1. The summed E-state index contributed by atoms with van der Waals surface area (Å²) in [6.07, 6.45) is -0.887. The molecule has 0 aliphatic rings. The van der Waals surface area contributed by atoms with Crippen molar-refractivity contribution in [2.45, 2.75) is 57.8 Å². The molecular weight excluding hydrogens is 594 g/mol. The van der Waals surface area contributed by atoms with E-state index in [0.29, 0.717) is 11.3 Å². The van der Waals surface area contributed by atoms with E-state index in [9.17, 15) is 18.0 Å². The fourth-order valence-corrected chi connectivity index (χ4v) is 5.35. The third-order valence-electron chi connectivity index (χ3n) is 5.13. The molecule has 0 saturated carbocycles. The van der Waals surface area contributed by atoms with Crippen LogP contribution in [0.5, 0.6) is 0 Å². The monoisotopic (exact) mass is 623 g/mol. The van der Waals surface area contributed by atoms with Gasteiger partial charge in [0.1, 0.15) is 0 Å². The third kappa shape index (κ3) is 8.02. The molecule has 0 amide bonds. The standard InChI is InChI=1S/C26H30BrN3O6S2/c1-15(2)35-25(31)23(26(32)36-16(3)4)24(18-6-8-19(27)9-7-18)28-20-10-12-21(13-11-20)38(33,34)30-22-14-17(5)37-29-22/h6-16,23-24,28H,1-5H3,(H,29,30)/t24-/m0/s1. The van der Waals surface area contributed by atoms with Crippen LogP contribution in [0.3, 0.4) is 0 Å². The number of benzene rings is 2. The van der Waals surface area contributed by atoms with Crippen molar-refractivity contribution in [2.24, 2.45) is 5.92 Å². The summed E-state index contributed by atoms with van der Waals surface area (Å²) >= 11 is 4.60. The Morgan fingerprint density at radius 2 is 1.47 bits per heavy atom. The van der Waals surface area contributed by atoms with E-state index in [4.69, 9.17) is 9.47 Å². The first-order chi connectivity index (χ1) is 17.9. The minimum atomic E-state index is -3.86. The molecule has 204 valence electrons. The predicted molar refractivity (Wildman–Crippen MR) is 151 cm³/mol. The molecule has 0 fully saturated rings. The maximum Gasteiger partial charge on any atom is 0.323 e.